The lowest BCUT2D eigenvalue weighted by atomic mass is 10.1. The van der Waals surface area contributed by atoms with Crippen LogP contribution in [0.25, 0.3) is 0 Å². The number of carbonyl (C=O) groups is 2. The number of nitrogens with zero attached hydrogens (tertiary/aromatic N) is 1. The number of rotatable bonds is 7. The van der Waals surface area contributed by atoms with Gasteiger partial charge in [0.2, 0.25) is 0 Å². The summed E-state index contributed by atoms with van der Waals surface area (Å²) < 4.78 is 27.3. The van der Waals surface area contributed by atoms with Crippen molar-refractivity contribution in [2.24, 2.45) is 0 Å². The van der Waals surface area contributed by atoms with Gasteiger partial charge < -0.3 is 10.6 Å². The van der Waals surface area contributed by atoms with Crippen molar-refractivity contribution in [1.29, 1.82) is 0 Å². The average Bonchev–Trinajstić information content (AvgIpc) is 3.62. The molecule has 0 atom stereocenters. The summed E-state index contributed by atoms with van der Waals surface area (Å²) in [5.74, 6) is -0.678. The van der Waals surface area contributed by atoms with Gasteiger partial charge >= 0.3 is 0 Å². The van der Waals surface area contributed by atoms with Crippen LogP contribution in [0.15, 0.2) is 77.7 Å². The van der Waals surface area contributed by atoms with Gasteiger partial charge in [0, 0.05) is 34.9 Å². The molecule has 170 valence electrons. The third kappa shape index (κ3) is 5.35. The van der Waals surface area contributed by atoms with Crippen LogP contribution in [-0.4, -0.2) is 33.3 Å². The van der Waals surface area contributed by atoms with E-state index in [4.69, 9.17) is 11.6 Å². The highest BCUT2D eigenvalue weighted by Crippen LogP contribution is 2.25. The number of anilines is 2. The Morgan fingerprint density at radius 3 is 2.27 bits per heavy atom. The van der Waals surface area contributed by atoms with Gasteiger partial charge in [-0.2, -0.15) is 0 Å². The molecule has 0 spiro atoms. The molecule has 0 saturated heterocycles. The Balaban J connectivity index is 1.52. The van der Waals surface area contributed by atoms with Gasteiger partial charge in [0.15, 0.2) is 0 Å². The molecule has 7 nitrogen and oxygen atoms in total. The maximum atomic E-state index is 13.1. The van der Waals surface area contributed by atoms with Crippen molar-refractivity contribution in [3.05, 3.63) is 88.9 Å². The Kier molecular flexibility index (Phi) is 6.40. The van der Waals surface area contributed by atoms with Crippen LogP contribution in [0, 0.1) is 0 Å². The molecule has 0 aliphatic heterocycles. The highest BCUT2D eigenvalue weighted by atomic mass is 35.5. The Morgan fingerprint density at radius 1 is 0.909 bits per heavy atom. The molecule has 1 fully saturated rings. The fourth-order valence-electron chi connectivity index (χ4n) is 3.20. The van der Waals surface area contributed by atoms with E-state index in [1.54, 1.807) is 48.5 Å². The number of nitrogens with one attached hydrogen (secondary N) is 2. The molecule has 1 aliphatic carbocycles. The van der Waals surface area contributed by atoms with Crippen LogP contribution in [0.1, 0.15) is 33.6 Å². The van der Waals surface area contributed by atoms with Gasteiger partial charge in [-0.05, 0) is 67.4 Å². The van der Waals surface area contributed by atoms with Crippen LogP contribution in [0.3, 0.4) is 0 Å². The number of halogens is 1. The first-order chi connectivity index (χ1) is 15.7. The zero-order chi connectivity index (χ0) is 23.6. The quantitative estimate of drug-likeness (QED) is 0.523. The van der Waals surface area contributed by atoms with Crippen molar-refractivity contribution in [2.75, 3.05) is 16.7 Å². The molecule has 0 bridgehead atoms. The largest absolute Gasteiger partial charge is 0.349 e. The molecule has 3 aromatic rings. The minimum absolute atomic E-state index is 0.0322. The molecule has 0 radical (unpaired) electrons. The minimum Gasteiger partial charge on any atom is -0.349 e. The summed E-state index contributed by atoms with van der Waals surface area (Å²) in [6.07, 6.45) is 1.96. The van der Waals surface area contributed by atoms with Crippen molar-refractivity contribution >= 4 is 44.8 Å². The van der Waals surface area contributed by atoms with Crippen LogP contribution < -0.4 is 14.9 Å². The monoisotopic (exact) mass is 483 g/mol. The van der Waals surface area contributed by atoms with Gasteiger partial charge in [-0.3, -0.25) is 13.9 Å². The third-order valence-electron chi connectivity index (χ3n) is 5.22. The van der Waals surface area contributed by atoms with Crippen LogP contribution in [0.4, 0.5) is 11.4 Å². The van der Waals surface area contributed by atoms with Gasteiger partial charge in [-0.25, -0.2) is 8.42 Å². The predicted octanol–water partition coefficient (Wildman–Crippen LogP) is 4.31. The SMILES string of the molecule is CN(c1cccc(Cl)c1)S(=O)(=O)c1cccc(C(=O)Nc2cccc(C(=O)NC3CC3)c2)c1. The average molecular weight is 484 g/mol. The first-order valence-electron chi connectivity index (χ1n) is 10.3. The molecule has 3 aromatic carbocycles. The van der Waals surface area contributed by atoms with E-state index in [2.05, 4.69) is 10.6 Å². The number of benzene rings is 3. The van der Waals surface area contributed by atoms with Gasteiger partial charge in [0.05, 0.1) is 10.6 Å². The molecule has 2 N–H and O–H groups in total. The van der Waals surface area contributed by atoms with Gasteiger partial charge in [-0.1, -0.05) is 29.8 Å². The Bertz CT molecular complexity index is 1320. The summed E-state index contributed by atoms with van der Waals surface area (Å²) >= 11 is 5.99. The lowest BCUT2D eigenvalue weighted by molar-refractivity contribution is 0.0949. The van der Waals surface area contributed by atoms with Gasteiger partial charge in [-0.15, -0.1) is 0 Å². The van der Waals surface area contributed by atoms with E-state index < -0.39 is 15.9 Å². The Morgan fingerprint density at radius 2 is 1.58 bits per heavy atom. The Labute approximate surface area is 197 Å². The van der Waals surface area contributed by atoms with E-state index in [-0.39, 0.29) is 22.4 Å². The Hall–Kier alpha value is -3.36. The standard InChI is InChI=1S/C24H22ClN3O4S/c1-28(21-9-4-7-18(25)15-21)33(31,32)22-10-3-6-17(14-22)24(30)27-20-8-2-5-16(13-20)23(29)26-19-11-12-19/h2-10,13-15,19H,11-12H2,1H3,(H,26,29)(H,27,30). The molecule has 33 heavy (non-hydrogen) atoms. The second-order valence-electron chi connectivity index (χ2n) is 7.76. The molecule has 1 saturated carbocycles. The highest BCUT2D eigenvalue weighted by molar-refractivity contribution is 7.92. The maximum Gasteiger partial charge on any atom is 0.264 e. The molecule has 0 heterocycles. The van der Waals surface area contributed by atoms with E-state index in [0.29, 0.717) is 22.0 Å². The molecule has 2 amide bonds. The van der Waals surface area contributed by atoms with Crippen molar-refractivity contribution in [1.82, 2.24) is 5.32 Å². The number of hydrogen-bond acceptors (Lipinski definition) is 4. The molecule has 1 aliphatic rings. The van der Waals surface area contributed by atoms with E-state index in [9.17, 15) is 18.0 Å². The number of amides is 2. The zero-order valence-corrected chi connectivity index (χ0v) is 19.4. The third-order valence-corrected chi connectivity index (χ3v) is 7.24. The van der Waals surface area contributed by atoms with E-state index in [1.165, 1.54) is 31.3 Å². The van der Waals surface area contributed by atoms with Crippen LogP contribution in [0.5, 0.6) is 0 Å². The van der Waals surface area contributed by atoms with E-state index >= 15 is 0 Å². The summed E-state index contributed by atoms with van der Waals surface area (Å²) in [5, 5.41) is 6.04. The fourth-order valence-corrected chi connectivity index (χ4v) is 4.62. The van der Waals surface area contributed by atoms with Crippen molar-refractivity contribution in [3.8, 4) is 0 Å². The summed E-state index contributed by atoms with van der Waals surface area (Å²) in [7, 11) is -2.50. The molecule has 9 heteroatoms. The van der Waals surface area contributed by atoms with Crippen LogP contribution in [-0.2, 0) is 10.0 Å². The summed E-state index contributed by atoms with van der Waals surface area (Å²) in [6.45, 7) is 0. The summed E-state index contributed by atoms with van der Waals surface area (Å²) in [6, 6.07) is 19.1. The van der Waals surface area contributed by atoms with E-state index in [0.717, 1.165) is 17.1 Å². The number of sulfonamides is 1. The summed E-state index contributed by atoms with van der Waals surface area (Å²) in [4.78, 5) is 25.0. The topological polar surface area (TPSA) is 95.6 Å². The number of hydrogen-bond donors (Lipinski definition) is 2. The van der Waals surface area contributed by atoms with E-state index in [1.807, 2.05) is 0 Å². The second-order valence-corrected chi connectivity index (χ2v) is 10.2. The molecule has 0 aromatic heterocycles. The lowest BCUT2D eigenvalue weighted by Crippen LogP contribution is -2.27. The lowest BCUT2D eigenvalue weighted by Gasteiger charge is -2.20. The predicted molar refractivity (Wildman–Crippen MR) is 128 cm³/mol. The first-order valence-corrected chi connectivity index (χ1v) is 12.1. The normalized spacial score (nSPS) is 13.3. The van der Waals surface area contributed by atoms with Gasteiger partial charge in [0.1, 0.15) is 0 Å². The zero-order valence-electron chi connectivity index (χ0n) is 17.8. The van der Waals surface area contributed by atoms with Gasteiger partial charge in [0.25, 0.3) is 21.8 Å². The molecular formula is C24H22ClN3O4S. The van der Waals surface area contributed by atoms with Crippen molar-refractivity contribution < 1.29 is 18.0 Å². The molecule has 4 rings (SSSR count). The van der Waals surface area contributed by atoms with Crippen LogP contribution in [0.2, 0.25) is 5.02 Å². The highest BCUT2D eigenvalue weighted by Gasteiger charge is 2.24. The fraction of sp³-hybridized carbons (Fsp3) is 0.167. The van der Waals surface area contributed by atoms with Crippen molar-refractivity contribution in [2.45, 2.75) is 23.8 Å². The summed E-state index contributed by atoms with van der Waals surface area (Å²) in [5.41, 5.74) is 1.45. The second kappa shape index (κ2) is 9.25. The maximum absolute atomic E-state index is 13.1. The number of carbonyl (C=O) groups excluding carboxylic acids is 2. The smallest absolute Gasteiger partial charge is 0.264 e. The molecule has 0 unspecified atom stereocenters. The molecular weight excluding hydrogens is 462 g/mol. The van der Waals surface area contributed by atoms with Crippen LogP contribution >= 0.6 is 11.6 Å². The van der Waals surface area contributed by atoms with Crippen molar-refractivity contribution in [3.63, 3.8) is 0 Å². The first kappa shape index (κ1) is 22.8. The minimum atomic E-state index is -3.92.